The summed E-state index contributed by atoms with van der Waals surface area (Å²) in [6.07, 6.45) is 0. The van der Waals surface area contributed by atoms with Gasteiger partial charge in [0.2, 0.25) is 0 Å². The largest absolute Gasteiger partial charge is 0.478 e. The number of carboxylic acids is 1. The highest BCUT2D eigenvalue weighted by atomic mass is 79.9. The lowest BCUT2D eigenvalue weighted by Gasteiger charge is -2.15. The first-order valence-electron chi connectivity index (χ1n) is 7.27. The molecule has 0 unspecified atom stereocenters. The van der Waals surface area contributed by atoms with Crippen molar-refractivity contribution < 1.29 is 9.90 Å². The van der Waals surface area contributed by atoms with Gasteiger partial charge in [0.05, 0.1) is 16.8 Å². The molecular formula is C18H13Br2NO2S. The van der Waals surface area contributed by atoms with Crippen LogP contribution < -0.4 is 0 Å². The summed E-state index contributed by atoms with van der Waals surface area (Å²) in [5.74, 6) is -0.178. The number of nitrogens with zero attached hydrogens (tertiary/aromatic N) is 1. The smallest absolute Gasteiger partial charge is 0.337 e. The van der Waals surface area contributed by atoms with Crippen LogP contribution in [0.1, 0.15) is 17.3 Å². The lowest BCUT2D eigenvalue weighted by molar-refractivity contribution is 0.0695. The summed E-state index contributed by atoms with van der Waals surface area (Å²) in [7, 11) is 0. The van der Waals surface area contributed by atoms with E-state index >= 15 is 0 Å². The first-order chi connectivity index (χ1) is 11.5. The second-order valence-corrected chi connectivity index (χ2v) is 8.10. The number of rotatable bonds is 4. The van der Waals surface area contributed by atoms with Crippen molar-refractivity contribution in [1.29, 1.82) is 0 Å². The highest BCUT2D eigenvalue weighted by Crippen LogP contribution is 2.39. The molecule has 0 bridgehead atoms. The first kappa shape index (κ1) is 17.5. The van der Waals surface area contributed by atoms with E-state index in [1.165, 1.54) is 11.8 Å². The normalized spacial score (nSPS) is 11.0. The molecule has 0 amide bonds. The number of benzene rings is 2. The minimum atomic E-state index is -0.944. The maximum Gasteiger partial charge on any atom is 0.337 e. The maximum absolute atomic E-state index is 12.0. The maximum atomic E-state index is 12.0. The monoisotopic (exact) mass is 465 g/mol. The minimum absolute atomic E-state index is 0.299. The van der Waals surface area contributed by atoms with Gasteiger partial charge in [-0.25, -0.2) is 9.78 Å². The quantitative estimate of drug-likeness (QED) is 0.462. The number of pyridine rings is 1. The van der Waals surface area contributed by atoms with Gasteiger partial charge in [0.15, 0.2) is 0 Å². The van der Waals surface area contributed by atoms with Crippen LogP contribution in [0.15, 0.2) is 56.3 Å². The summed E-state index contributed by atoms with van der Waals surface area (Å²) in [6.45, 7) is 2.01. The first-order valence-corrected chi connectivity index (χ1v) is 9.84. The Morgan fingerprint density at radius 1 is 1.21 bits per heavy atom. The predicted molar refractivity (Wildman–Crippen MR) is 106 cm³/mol. The molecule has 3 aromatic rings. The van der Waals surface area contributed by atoms with E-state index in [1.54, 1.807) is 0 Å². The van der Waals surface area contributed by atoms with Crippen molar-refractivity contribution >= 4 is 60.5 Å². The summed E-state index contributed by atoms with van der Waals surface area (Å²) in [6, 6.07) is 13.4. The van der Waals surface area contributed by atoms with Gasteiger partial charge < -0.3 is 5.11 Å². The van der Waals surface area contributed by atoms with E-state index in [9.17, 15) is 9.90 Å². The number of hydrogen-bond acceptors (Lipinski definition) is 3. The molecule has 0 spiro atoms. The zero-order chi connectivity index (χ0) is 17.3. The molecule has 0 aliphatic carbocycles. The van der Waals surface area contributed by atoms with Crippen LogP contribution in [0.4, 0.5) is 0 Å². The van der Waals surface area contributed by atoms with Gasteiger partial charge in [-0.05, 0) is 33.8 Å². The van der Waals surface area contributed by atoms with Crippen LogP contribution in [0.2, 0.25) is 0 Å². The van der Waals surface area contributed by atoms with Crippen LogP contribution in [0, 0.1) is 0 Å². The number of hydrogen-bond donors (Lipinski definition) is 1. The van der Waals surface area contributed by atoms with Crippen molar-refractivity contribution in [2.24, 2.45) is 0 Å². The van der Waals surface area contributed by atoms with E-state index < -0.39 is 5.97 Å². The molecule has 1 N–H and O–H groups in total. The van der Waals surface area contributed by atoms with Crippen molar-refractivity contribution in [1.82, 2.24) is 4.98 Å². The van der Waals surface area contributed by atoms with E-state index in [2.05, 4.69) is 31.9 Å². The van der Waals surface area contributed by atoms with Gasteiger partial charge in [-0.15, -0.1) is 11.8 Å². The Bertz CT molecular complexity index is 929. The van der Waals surface area contributed by atoms with Gasteiger partial charge in [0, 0.05) is 24.8 Å². The van der Waals surface area contributed by atoms with Crippen LogP contribution in [0.5, 0.6) is 0 Å². The Labute approximate surface area is 160 Å². The Kier molecular flexibility index (Phi) is 5.27. The minimum Gasteiger partial charge on any atom is -0.478 e. The number of thioether (sulfide) groups is 1. The van der Waals surface area contributed by atoms with Crippen LogP contribution in [-0.4, -0.2) is 21.8 Å². The van der Waals surface area contributed by atoms with Gasteiger partial charge in [-0.2, -0.15) is 0 Å². The summed E-state index contributed by atoms with van der Waals surface area (Å²) in [4.78, 5) is 17.5. The van der Waals surface area contributed by atoms with Crippen molar-refractivity contribution in [3.8, 4) is 11.3 Å². The van der Waals surface area contributed by atoms with Crippen molar-refractivity contribution in [3.63, 3.8) is 0 Å². The summed E-state index contributed by atoms with van der Waals surface area (Å²) in [5, 5.41) is 10.5. The average Bonchev–Trinajstić information content (AvgIpc) is 2.55. The van der Waals surface area contributed by atoms with Crippen molar-refractivity contribution in [2.75, 3.05) is 5.75 Å². The van der Waals surface area contributed by atoms with E-state index in [0.29, 0.717) is 27.1 Å². The Morgan fingerprint density at radius 3 is 2.54 bits per heavy atom. The SMILES string of the molecule is CCSc1c(-c2ccccc2)nc2c(Br)cc(Br)cc2c1C(=O)O. The van der Waals surface area contributed by atoms with E-state index in [-0.39, 0.29) is 0 Å². The van der Waals surface area contributed by atoms with Crippen LogP contribution >= 0.6 is 43.6 Å². The third-order valence-electron chi connectivity index (χ3n) is 3.51. The van der Waals surface area contributed by atoms with Gasteiger partial charge in [0.1, 0.15) is 0 Å². The number of aromatic carboxylic acids is 1. The van der Waals surface area contributed by atoms with Gasteiger partial charge >= 0.3 is 5.97 Å². The topological polar surface area (TPSA) is 50.2 Å². The highest BCUT2D eigenvalue weighted by Gasteiger charge is 2.22. The number of halogens is 2. The zero-order valence-corrected chi connectivity index (χ0v) is 16.7. The lowest BCUT2D eigenvalue weighted by Crippen LogP contribution is -2.05. The molecular weight excluding hydrogens is 454 g/mol. The second kappa shape index (κ2) is 7.25. The molecule has 122 valence electrons. The van der Waals surface area contributed by atoms with Gasteiger partial charge in [-0.1, -0.05) is 53.2 Å². The lowest BCUT2D eigenvalue weighted by atomic mass is 10.0. The Balaban J connectivity index is 2.47. The molecule has 2 aromatic carbocycles. The molecule has 0 saturated carbocycles. The molecule has 0 atom stereocenters. The molecule has 1 heterocycles. The average molecular weight is 467 g/mol. The third kappa shape index (κ3) is 3.23. The summed E-state index contributed by atoms with van der Waals surface area (Å²) >= 11 is 8.45. The molecule has 3 nitrogen and oxygen atoms in total. The van der Waals surface area contributed by atoms with E-state index in [4.69, 9.17) is 4.98 Å². The van der Waals surface area contributed by atoms with E-state index in [1.807, 2.05) is 49.4 Å². The molecule has 0 aliphatic rings. The standard InChI is InChI=1S/C18H13Br2NO2S/c1-2-24-17-14(18(22)23)12-8-11(19)9-13(20)16(12)21-15(17)10-6-4-3-5-7-10/h3-9H,2H2,1H3,(H,22,23). The third-order valence-corrected chi connectivity index (χ3v) is 5.55. The number of aromatic nitrogens is 1. The fourth-order valence-corrected chi connectivity index (χ4v) is 4.81. The number of fused-ring (bicyclic) bond motifs is 1. The van der Waals surface area contributed by atoms with Crippen molar-refractivity contribution in [2.45, 2.75) is 11.8 Å². The summed E-state index contributed by atoms with van der Waals surface area (Å²) < 4.78 is 1.57. The molecule has 6 heteroatoms. The highest BCUT2D eigenvalue weighted by molar-refractivity contribution is 9.11. The Morgan fingerprint density at radius 2 is 1.92 bits per heavy atom. The van der Waals surface area contributed by atoms with E-state index in [0.717, 1.165) is 20.3 Å². The molecule has 24 heavy (non-hydrogen) atoms. The molecule has 0 aliphatic heterocycles. The second-order valence-electron chi connectivity index (χ2n) is 5.05. The number of carboxylic acid groups (broad SMARTS) is 1. The fraction of sp³-hybridized carbons (Fsp3) is 0.111. The molecule has 0 saturated heterocycles. The van der Waals surface area contributed by atoms with Crippen molar-refractivity contribution in [3.05, 3.63) is 57.0 Å². The van der Waals surface area contributed by atoms with Crippen LogP contribution in [-0.2, 0) is 0 Å². The van der Waals surface area contributed by atoms with Crippen LogP contribution in [0.25, 0.3) is 22.2 Å². The number of carbonyl (C=O) groups is 1. The predicted octanol–water partition coefficient (Wildman–Crippen LogP) is 6.24. The van der Waals surface area contributed by atoms with Gasteiger partial charge in [-0.3, -0.25) is 0 Å². The molecule has 0 fully saturated rings. The summed E-state index contributed by atoms with van der Waals surface area (Å²) in [5.41, 5.74) is 2.56. The van der Waals surface area contributed by atoms with Gasteiger partial charge in [0.25, 0.3) is 0 Å². The molecule has 1 aromatic heterocycles. The zero-order valence-electron chi connectivity index (χ0n) is 12.7. The molecule has 3 rings (SSSR count). The fourth-order valence-electron chi connectivity index (χ4n) is 2.56. The Hall–Kier alpha value is -1.37. The molecule has 0 radical (unpaired) electrons. The van der Waals surface area contributed by atoms with Crippen LogP contribution in [0.3, 0.4) is 0 Å².